The second-order valence-electron chi connectivity index (χ2n) is 7.94. The zero-order valence-electron chi connectivity index (χ0n) is 17.9. The first-order chi connectivity index (χ1) is 15.7. The fraction of sp³-hybridized carbons (Fsp3) is 0.526. The Kier molecular flexibility index (Phi) is 6.01. The maximum absolute atomic E-state index is 14.8. The van der Waals surface area contributed by atoms with Gasteiger partial charge in [0, 0.05) is 26.0 Å². The van der Waals surface area contributed by atoms with Crippen molar-refractivity contribution >= 4 is 29.4 Å². The lowest BCUT2D eigenvalue weighted by Crippen LogP contribution is -2.51. The van der Waals surface area contributed by atoms with E-state index in [2.05, 4.69) is 26.0 Å². The van der Waals surface area contributed by atoms with Crippen LogP contribution in [0, 0.1) is 0 Å². The van der Waals surface area contributed by atoms with Crippen LogP contribution in [0.3, 0.4) is 0 Å². The van der Waals surface area contributed by atoms with Gasteiger partial charge in [-0.2, -0.15) is 5.10 Å². The highest BCUT2D eigenvalue weighted by molar-refractivity contribution is 6.00. The summed E-state index contributed by atoms with van der Waals surface area (Å²) in [7, 11) is 1.46. The number of nitrogens with zero attached hydrogens (tertiary/aromatic N) is 4. The normalized spacial score (nSPS) is 23.2. The molecule has 14 heteroatoms. The smallest absolute Gasteiger partial charge is 0.407 e. The summed E-state index contributed by atoms with van der Waals surface area (Å²) in [5.41, 5.74) is 0.870. The molecule has 178 valence electrons. The number of methoxy groups -OCH3 is 1. The SMILES string of the molecule is COC[C@H](C)NC(=O)O[C@H]1CN(c2cc(C3CNC(=O)NC3=O)nn3ccnc23)CC1(F)F. The van der Waals surface area contributed by atoms with Gasteiger partial charge in [0.1, 0.15) is 0 Å². The van der Waals surface area contributed by atoms with Crippen molar-refractivity contribution < 1.29 is 32.6 Å². The van der Waals surface area contributed by atoms with Gasteiger partial charge in [0.15, 0.2) is 11.8 Å². The van der Waals surface area contributed by atoms with Crippen molar-refractivity contribution in [3.8, 4) is 0 Å². The molecule has 2 aromatic heterocycles. The maximum atomic E-state index is 14.8. The molecule has 3 atom stereocenters. The Labute approximate surface area is 186 Å². The van der Waals surface area contributed by atoms with Crippen molar-refractivity contribution in [3.63, 3.8) is 0 Å². The average Bonchev–Trinajstić information content (AvgIpc) is 3.31. The van der Waals surface area contributed by atoms with E-state index in [-0.39, 0.29) is 25.4 Å². The molecule has 2 saturated heterocycles. The van der Waals surface area contributed by atoms with Crippen LogP contribution in [0.15, 0.2) is 18.5 Å². The highest BCUT2D eigenvalue weighted by Crippen LogP contribution is 2.35. The van der Waals surface area contributed by atoms with Gasteiger partial charge in [-0.1, -0.05) is 0 Å². The van der Waals surface area contributed by atoms with Gasteiger partial charge >= 0.3 is 18.0 Å². The molecule has 0 bridgehead atoms. The van der Waals surface area contributed by atoms with Crippen LogP contribution in [0.1, 0.15) is 18.5 Å². The van der Waals surface area contributed by atoms with Crippen LogP contribution in [0.4, 0.5) is 24.1 Å². The number of hydrogen-bond acceptors (Lipinski definition) is 8. The summed E-state index contributed by atoms with van der Waals surface area (Å²) < 4.78 is 40.8. The Morgan fingerprint density at radius 2 is 2.21 bits per heavy atom. The van der Waals surface area contributed by atoms with Gasteiger partial charge in [0.2, 0.25) is 5.91 Å². The van der Waals surface area contributed by atoms with E-state index in [0.717, 1.165) is 0 Å². The summed E-state index contributed by atoms with van der Waals surface area (Å²) >= 11 is 0. The number of fused-ring (bicyclic) bond motifs is 1. The predicted molar refractivity (Wildman–Crippen MR) is 109 cm³/mol. The Morgan fingerprint density at radius 3 is 2.94 bits per heavy atom. The largest absolute Gasteiger partial charge is 0.438 e. The van der Waals surface area contributed by atoms with E-state index in [9.17, 15) is 23.2 Å². The molecule has 1 unspecified atom stereocenters. The zero-order valence-corrected chi connectivity index (χ0v) is 17.9. The molecule has 0 aliphatic carbocycles. The van der Waals surface area contributed by atoms with Crippen LogP contribution < -0.4 is 20.9 Å². The molecule has 2 aliphatic rings. The minimum Gasteiger partial charge on any atom is -0.438 e. The minimum atomic E-state index is -3.33. The van der Waals surface area contributed by atoms with Gasteiger partial charge < -0.3 is 25.0 Å². The molecule has 4 amide bonds. The number of hydrogen-bond donors (Lipinski definition) is 3. The van der Waals surface area contributed by atoms with Gasteiger partial charge in [-0.05, 0) is 13.0 Å². The van der Waals surface area contributed by atoms with Gasteiger partial charge in [-0.25, -0.2) is 27.9 Å². The third kappa shape index (κ3) is 4.65. The van der Waals surface area contributed by atoms with Crippen molar-refractivity contribution in [2.75, 3.05) is 38.3 Å². The lowest BCUT2D eigenvalue weighted by Gasteiger charge is -2.24. The minimum absolute atomic E-state index is 0.0129. The molecule has 33 heavy (non-hydrogen) atoms. The quantitative estimate of drug-likeness (QED) is 0.549. The summed E-state index contributed by atoms with van der Waals surface area (Å²) in [4.78, 5) is 41.2. The zero-order chi connectivity index (χ0) is 23.8. The number of carbonyl (C=O) groups is 3. The summed E-state index contributed by atoms with van der Waals surface area (Å²) in [6.07, 6.45) is 0.304. The van der Waals surface area contributed by atoms with Crippen LogP contribution in [0.25, 0.3) is 5.65 Å². The number of alkyl carbamates (subject to hydrolysis) is 1. The summed E-state index contributed by atoms with van der Waals surface area (Å²) in [5.74, 6) is -4.69. The average molecular weight is 467 g/mol. The number of imide groups is 1. The van der Waals surface area contributed by atoms with E-state index in [1.807, 2.05) is 0 Å². The first kappa shape index (κ1) is 22.6. The Hall–Kier alpha value is -3.55. The number of rotatable bonds is 6. The van der Waals surface area contributed by atoms with Gasteiger partial charge in [-0.15, -0.1) is 0 Å². The van der Waals surface area contributed by atoms with E-state index >= 15 is 0 Å². The summed E-state index contributed by atoms with van der Waals surface area (Å²) in [6, 6.07) is 0.462. The van der Waals surface area contributed by atoms with E-state index < -0.39 is 48.6 Å². The number of amides is 4. The molecule has 4 heterocycles. The van der Waals surface area contributed by atoms with Crippen molar-refractivity contribution in [1.29, 1.82) is 0 Å². The third-order valence-corrected chi connectivity index (χ3v) is 5.37. The second-order valence-corrected chi connectivity index (χ2v) is 7.94. The molecular formula is C19H23F2N7O5. The predicted octanol–water partition coefficient (Wildman–Crippen LogP) is 0.237. The highest BCUT2D eigenvalue weighted by Gasteiger charge is 2.51. The number of ether oxygens (including phenoxy) is 2. The lowest BCUT2D eigenvalue weighted by atomic mass is 10.0. The molecule has 0 spiro atoms. The Morgan fingerprint density at radius 1 is 1.42 bits per heavy atom. The lowest BCUT2D eigenvalue weighted by molar-refractivity contribution is -0.122. The molecule has 3 N–H and O–H groups in total. The Balaban J connectivity index is 1.57. The number of aromatic nitrogens is 3. The monoisotopic (exact) mass is 467 g/mol. The molecule has 0 saturated carbocycles. The number of nitrogens with one attached hydrogen (secondary N) is 3. The topological polar surface area (TPSA) is 139 Å². The van der Waals surface area contributed by atoms with Crippen molar-refractivity contribution in [2.24, 2.45) is 0 Å². The fourth-order valence-electron chi connectivity index (χ4n) is 3.81. The number of carbonyl (C=O) groups excluding carboxylic acids is 3. The fourth-order valence-corrected chi connectivity index (χ4v) is 3.81. The number of urea groups is 1. The van der Waals surface area contributed by atoms with Crippen molar-refractivity contribution in [1.82, 2.24) is 30.5 Å². The number of alkyl halides is 2. The van der Waals surface area contributed by atoms with Crippen LogP contribution in [0.2, 0.25) is 0 Å². The van der Waals surface area contributed by atoms with Crippen LogP contribution in [-0.2, 0) is 14.3 Å². The van der Waals surface area contributed by atoms with Gasteiger partial charge in [-0.3, -0.25) is 10.1 Å². The summed E-state index contributed by atoms with van der Waals surface area (Å²) in [5, 5.41) is 11.5. The number of imidazole rings is 1. The van der Waals surface area contributed by atoms with E-state index in [1.54, 1.807) is 6.92 Å². The molecule has 0 aromatic carbocycles. The van der Waals surface area contributed by atoms with E-state index in [1.165, 1.54) is 35.0 Å². The first-order valence-corrected chi connectivity index (χ1v) is 10.2. The van der Waals surface area contributed by atoms with Crippen LogP contribution in [-0.4, -0.2) is 84.0 Å². The molecular weight excluding hydrogens is 444 g/mol. The molecule has 4 rings (SSSR count). The molecule has 2 aromatic rings. The van der Waals surface area contributed by atoms with E-state index in [4.69, 9.17) is 9.47 Å². The molecule has 2 fully saturated rings. The highest BCUT2D eigenvalue weighted by atomic mass is 19.3. The number of anilines is 1. The van der Waals surface area contributed by atoms with Crippen molar-refractivity contribution in [3.05, 3.63) is 24.2 Å². The summed E-state index contributed by atoms with van der Waals surface area (Å²) in [6.45, 7) is 0.853. The molecule has 12 nitrogen and oxygen atoms in total. The number of halogens is 2. The van der Waals surface area contributed by atoms with Crippen LogP contribution in [0.5, 0.6) is 0 Å². The van der Waals surface area contributed by atoms with Gasteiger partial charge in [0.25, 0.3) is 0 Å². The van der Waals surface area contributed by atoms with E-state index in [0.29, 0.717) is 11.3 Å². The standard InChI is InChI=1S/C19H23F2N7O5/c1-10(8-32-2)24-18(31)33-14-7-27(9-19(14,20)21)13-5-12(26-28-4-3-22-15(13)28)11-6-23-17(30)25-16(11)29/h3-5,10-11,14H,6-9H2,1-2H3,(H,24,31)(H2,23,25,29,30)/t10-,11?,14-/m0/s1. The maximum Gasteiger partial charge on any atom is 0.407 e. The van der Waals surface area contributed by atoms with Crippen molar-refractivity contribution in [2.45, 2.75) is 30.9 Å². The molecule has 0 radical (unpaired) electrons. The van der Waals surface area contributed by atoms with Gasteiger partial charge in [0.05, 0.1) is 43.0 Å². The Bertz CT molecular complexity index is 1080. The first-order valence-electron chi connectivity index (χ1n) is 10.2. The third-order valence-electron chi connectivity index (χ3n) is 5.37. The molecule has 2 aliphatic heterocycles. The second kappa shape index (κ2) is 8.77. The van der Waals surface area contributed by atoms with Crippen LogP contribution >= 0.6 is 0 Å².